The molecule has 2 amide bonds. The highest BCUT2D eigenvalue weighted by Gasteiger charge is 2.30. The van der Waals surface area contributed by atoms with Crippen molar-refractivity contribution in [1.29, 1.82) is 0 Å². The van der Waals surface area contributed by atoms with Crippen LogP contribution in [0.4, 0.5) is 0 Å². The topological polar surface area (TPSA) is 49.4 Å². The fourth-order valence-corrected chi connectivity index (χ4v) is 4.40. The van der Waals surface area contributed by atoms with E-state index < -0.39 is 6.04 Å². The molecule has 0 spiro atoms. The lowest BCUT2D eigenvalue weighted by Crippen LogP contribution is -2.51. The highest BCUT2D eigenvalue weighted by atomic mass is 35.5. The fraction of sp³-hybridized carbons (Fsp3) is 0.391. The Kier molecular flexibility index (Phi) is 10.5. The number of nitrogens with zero attached hydrogens (tertiary/aromatic N) is 1. The predicted molar refractivity (Wildman–Crippen MR) is 131 cm³/mol. The van der Waals surface area contributed by atoms with E-state index in [1.165, 1.54) is 11.8 Å². The van der Waals surface area contributed by atoms with Crippen molar-refractivity contribution in [2.45, 2.75) is 57.1 Å². The van der Waals surface area contributed by atoms with E-state index in [2.05, 4.69) is 5.32 Å². The molecule has 0 aromatic heterocycles. The van der Waals surface area contributed by atoms with Crippen molar-refractivity contribution in [3.63, 3.8) is 0 Å². The fourth-order valence-electron chi connectivity index (χ4n) is 2.97. The number of carbonyl (C=O) groups is 2. The van der Waals surface area contributed by atoms with E-state index in [-0.39, 0.29) is 30.2 Å². The number of halogens is 3. The number of nitrogens with one attached hydrogen (secondary N) is 1. The molecule has 0 radical (unpaired) electrons. The van der Waals surface area contributed by atoms with Crippen molar-refractivity contribution in [2.75, 3.05) is 5.75 Å². The summed E-state index contributed by atoms with van der Waals surface area (Å²) in [5.41, 5.74) is 0.630. The van der Waals surface area contributed by atoms with Gasteiger partial charge < -0.3 is 10.2 Å². The van der Waals surface area contributed by atoms with Crippen molar-refractivity contribution in [1.82, 2.24) is 10.2 Å². The molecular weight excluding hydrogens is 475 g/mol. The Bertz CT molecular complexity index is 873. The van der Waals surface area contributed by atoms with Crippen LogP contribution in [-0.2, 0) is 16.1 Å². The van der Waals surface area contributed by atoms with Crippen LogP contribution in [0.5, 0.6) is 0 Å². The van der Waals surface area contributed by atoms with Crippen LogP contribution in [0.2, 0.25) is 15.1 Å². The second-order valence-corrected chi connectivity index (χ2v) is 9.51. The molecule has 8 heteroatoms. The van der Waals surface area contributed by atoms with E-state index >= 15 is 0 Å². The third kappa shape index (κ3) is 7.60. The zero-order chi connectivity index (χ0) is 23.0. The molecule has 0 heterocycles. The molecule has 4 nitrogen and oxygen atoms in total. The van der Waals surface area contributed by atoms with Crippen molar-refractivity contribution < 1.29 is 9.59 Å². The van der Waals surface area contributed by atoms with Crippen LogP contribution in [-0.4, -0.2) is 34.6 Å². The molecule has 0 saturated heterocycles. The lowest BCUT2D eigenvalue weighted by atomic mass is 10.1. The predicted octanol–water partition coefficient (Wildman–Crippen LogP) is 6.46. The number of carbonyl (C=O) groups excluding carboxylic acids is 2. The molecule has 0 saturated carbocycles. The quantitative estimate of drug-likeness (QED) is 0.380. The largest absolute Gasteiger partial charge is 0.352 e. The Morgan fingerprint density at radius 2 is 1.61 bits per heavy atom. The molecule has 2 rings (SSSR count). The van der Waals surface area contributed by atoms with Crippen LogP contribution < -0.4 is 5.32 Å². The zero-order valence-electron chi connectivity index (χ0n) is 17.8. The number of thioether (sulfide) groups is 1. The van der Waals surface area contributed by atoms with Crippen LogP contribution in [0, 0.1) is 0 Å². The Labute approximate surface area is 203 Å². The summed E-state index contributed by atoms with van der Waals surface area (Å²) in [4.78, 5) is 28.8. The Morgan fingerprint density at radius 1 is 1.00 bits per heavy atom. The lowest BCUT2D eigenvalue weighted by Gasteiger charge is -2.32. The number of amides is 2. The highest BCUT2D eigenvalue weighted by Crippen LogP contribution is 2.28. The minimum absolute atomic E-state index is 0.0193. The number of hydrogen-bond acceptors (Lipinski definition) is 3. The van der Waals surface area contributed by atoms with Gasteiger partial charge in [-0.1, -0.05) is 54.7 Å². The van der Waals surface area contributed by atoms with Gasteiger partial charge in [0.15, 0.2) is 0 Å². The molecule has 0 aliphatic rings. The summed E-state index contributed by atoms with van der Waals surface area (Å²) in [5.74, 6) is -0.163. The van der Waals surface area contributed by atoms with Crippen molar-refractivity contribution in [2.24, 2.45) is 0 Å². The van der Waals surface area contributed by atoms with Gasteiger partial charge in [-0.15, -0.1) is 11.8 Å². The summed E-state index contributed by atoms with van der Waals surface area (Å²) >= 11 is 20.1. The highest BCUT2D eigenvalue weighted by molar-refractivity contribution is 8.00. The SMILES string of the molecule is CC[C@H](C(=O)N[C@@H](C)CC)N(Cc1c(Cl)cccc1Cl)C(=O)CSc1ccc(Cl)cc1. The van der Waals surface area contributed by atoms with Crippen molar-refractivity contribution in [3.05, 3.63) is 63.1 Å². The molecule has 168 valence electrons. The number of benzene rings is 2. The second-order valence-electron chi connectivity index (χ2n) is 7.21. The summed E-state index contributed by atoms with van der Waals surface area (Å²) in [6.07, 6.45) is 1.28. The summed E-state index contributed by atoms with van der Waals surface area (Å²) in [7, 11) is 0. The van der Waals surface area contributed by atoms with Gasteiger partial charge in [-0.2, -0.15) is 0 Å². The van der Waals surface area contributed by atoms with Gasteiger partial charge in [-0.3, -0.25) is 9.59 Å². The van der Waals surface area contributed by atoms with Crippen LogP contribution in [0.25, 0.3) is 0 Å². The minimum Gasteiger partial charge on any atom is -0.352 e. The molecule has 0 aliphatic carbocycles. The van der Waals surface area contributed by atoms with Crippen molar-refractivity contribution in [3.8, 4) is 0 Å². The van der Waals surface area contributed by atoms with Gasteiger partial charge >= 0.3 is 0 Å². The van der Waals surface area contributed by atoms with Gasteiger partial charge in [0.25, 0.3) is 0 Å². The summed E-state index contributed by atoms with van der Waals surface area (Å²) in [6.45, 7) is 5.99. The molecule has 2 aromatic carbocycles. The average Bonchev–Trinajstić information content (AvgIpc) is 2.74. The number of hydrogen-bond donors (Lipinski definition) is 1. The van der Waals surface area contributed by atoms with Crippen LogP contribution in [0.1, 0.15) is 39.2 Å². The molecule has 31 heavy (non-hydrogen) atoms. The smallest absolute Gasteiger partial charge is 0.243 e. The first kappa shape index (κ1) is 25.9. The van der Waals surface area contributed by atoms with Crippen molar-refractivity contribution >= 4 is 58.4 Å². The van der Waals surface area contributed by atoms with Gasteiger partial charge in [0.2, 0.25) is 11.8 Å². The van der Waals surface area contributed by atoms with Crippen LogP contribution in [0.3, 0.4) is 0 Å². The first-order valence-electron chi connectivity index (χ1n) is 10.2. The minimum atomic E-state index is -0.625. The Hall–Kier alpha value is -1.40. The molecule has 2 aromatic rings. The number of rotatable bonds is 10. The maximum Gasteiger partial charge on any atom is 0.243 e. The molecule has 2 atom stereocenters. The zero-order valence-corrected chi connectivity index (χ0v) is 20.9. The van der Waals surface area contributed by atoms with E-state index in [1.54, 1.807) is 35.2 Å². The van der Waals surface area contributed by atoms with E-state index in [9.17, 15) is 9.59 Å². The summed E-state index contributed by atoms with van der Waals surface area (Å²) in [5, 5.41) is 4.56. The van der Waals surface area contributed by atoms with Gasteiger partial charge in [0.05, 0.1) is 5.75 Å². The molecule has 0 aliphatic heterocycles. The van der Waals surface area contributed by atoms with E-state index in [1.807, 2.05) is 32.9 Å². The van der Waals surface area contributed by atoms with E-state index in [0.717, 1.165) is 11.3 Å². The van der Waals surface area contributed by atoms with Crippen LogP contribution >= 0.6 is 46.6 Å². The average molecular weight is 502 g/mol. The standard InChI is InChI=1S/C23H27Cl3N2O2S/c1-4-15(3)27-23(30)21(5-2)28(13-18-19(25)7-6-8-20(18)26)22(29)14-31-17-11-9-16(24)10-12-17/h6-12,15,21H,4-5,13-14H2,1-3H3,(H,27,30)/t15-,21+/m0/s1. The van der Waals surface area contributed by atoms with Gasteiger partial charge in [-0.25, -0.2) is 0 Å². The second kappa shape index (κ2) is 12.6. The van der Waals surface area contributed by atoms with E-state index in [0.29, 0.717) is 27.1 Å². The van der Waals surface area contributed by atoms with Gasteiger partial charge in [0.1, 0.15) is 6.04 Å². The lowest BCUT2D eigenvalue weighted by molar-refractivity contribution is -0.139. The molecule has 0 fully saturated rings. The molecule has 1 N–H and O–H groups in total. The first-order valence-corrected chi connectivity index (χ1v) is 12.3. The summed E-state index contributed by atoms with van der Waals surface area (Å²) in [6, 6.07) is 11.9. The normalized spacial score (nSPS) is 12.8. The Morgan fingerprint density at radius 3 is 2.16 bits per heavy atom. The first-order chi connectivity index (χ1) is 14.8. The maximum absolute atomic E-state index is 13.3. The maximum atomic E-state index is 13.3. The summed E-state index contributed by atoms with van der Waals surface area (Å²) < 4.78 is 0. The van der Waals surface area contributed by atoms with Gasteiger partial charge in [-0.05, 0) is 56.2 Å². The van der Waals surface area contributed by atoms with Crippen LogP contribution in [0.15, 0.2) is 47.4 Å². The van der Waals surface area contributed by atoms with Gasteiger partial charge in [0, 0.05) is 38.1 Å². The molecule has 0 bridgehead atoms. The molecule has 0 unspecified atom stereocenters. The van der Waals surface area contributed by atoms with E-state index in [4.69, 9.17) is 34.8 Å². The third-order valence-electron chi connectivity index (χ3n) is 4.95. The molecular formula is C23H27Cl3N2O2S. The monoisotopic (exact) mass is 500 g/mol. The Balaban J connectivity index is 2.27. The third-order valence-corrected chi connectivity index (χ3v) is 6.91.